The average molecular weight is 196 g/mol. The Morgan fingerprint density at radius 3 is 1.83 bits per heavy atom. The zero-order chi connectivity index (χ0) is 8.10. The highest BCUT2D eigenvalue weighted by atomic mass is 35.5. The number of halogens is 1. The molecule has 1 heterocycles. The van der Waals surface area contributed by atoms with E-state index in [-0.39, 0.29) is 12.4 Å². The lowest BCUT2D eigenvalue weighted by Gasteiger charge is -2.12. The van der Waals surface area contributed by atoms with Crippen LogP contribution < -0.4 is 5.32 Å². The first-order chi connectivity index (χ1) is 5.36. The maximum absolute atomic E-state index is 5.05. The Bertz CT molecular complexity index is 101. The number of nitrogens with one attached hydrogen (secondary N) is 1. The van der Waals surface area contributed by atoms with Gasteiger partial charge >= 0.3 is 0 Å². The topological polar surface area (TPSA) is 30.5 Å². The van der Waals surface area contributed by atoms with E-state index in [1.165, 1.54) is 12.8 Å². The highest BCUT2D eigenvalue weighted by Gasteiger charge is 2.22. The normalized spacial score (nSPS) is 28.5. The van der Waals surface area contributed by atoms with Crippen LogP contribution >= 0.6 is 12.4 Å². The van der Waals surface area contributed by atoms with E-state index in [0.29, 0.717) is 12.1 Å². The molecule has 0 aromatic carbocycles. The lowest BCUT2D eigenvalue weighted by atomic mass is 10.2. The fourth-order valence-electron chi connectivity index (χ4n) is 1.57. The molecule has 0 aromatic rings. The molecule has 0 aromatic heterocycles. The van der Waals surface area contributed by atoms with Crippen molar-refractivity contribution >= 4 is 12.4 Å². The highest BCUT2D eigenvalue weighted by Crippen LogP contribution is 2.12. The predicted molar refractivity (Wildman–Crippen MR) is 50.9 cm³/mol. The quantitative estimate of drug-likeness (QED) is 0.721. The maximum Gasteiger partial charge on any atom is 0.0615 e. The summed E-state index contributed by atoms with van der Waals surface area (Å²) >= 11 is 0. The van der Waals surface area contributed by atoms with Gasteiger partial charge in [0.15, 0.2) is 0 Å². The number of rotatable bonds is 4. The minimum atomic E-state index is 0. The van der Waals surface area contributed by atoms with Crippen molar-refractivity contribution in [1.29, 1.82) is 0 Å². The van der Waals surface area contributed by atoms with E-state index in [0.717, 1.165) is 13.2 Å². The van der Waals surface area contributed by atoms with E-state index in [2.05, 4.69) is 5.32 Å². The molecule has 0 bridgehead atoms. The number of hydrogen-bond acceptors (Lipinski definition) is 3. The van der Waals surface area contributed by atoms with Crippen molar-refractivity contribution in [2.75, 3.05) is 27.4 Å². The molecule has 1 saturated heterocycles. The molecule has 0 amide bonds. The van der Waals surface area contributed by atoms with Gasteiger partial charge in [0.2, 0.25) is 0 Å². The van der Waals surface area contributed by atoms with Crippen molar-refractivity contribution in [2.45, 2.75) is 24.9 Å². The summed E-state index contributed by atoms with van der Waals surface area (Å²) in [5.41, 5.74) is 0. The van der Waals surface area contributed by atoms with Crippen molar-refractivity contribution < 1.29 is 9.47 Å². The van der Waals surface area contributed by atoms with E-state index in [1.807, 2.05) is 0 Å². The van der Waals surface area contributed by atoms with E-state index in [1.54, 1.807) is 14.2 Å². The molecule has 1 N–H and O–H groups in total. The zero-order valence-electron chi connectivity index (χ0n) is 7.71. The van der Waals surface area contributed by atoms with Crippen LogP contribution in [0.3, 0.4) is 0 Å². The van der Waals surface area contributed by atoms with Crippen molar-refractivity contribution in [3.8, 4) is 0 Å². The molecule has 1 rings (SSSR count). The monoisotopic (exact) mass is 195 g/mol. The molecule has 1 fully saturated rings. The van der Waals surface area contributed by atoms with Gasteiger partial charge < -0.3 is 14.8 Å². The zero-order valence-corrected chi connectivity index (χ0v) is 8.52. The second-order valence-electron chi connectivity index (χ2n) is 3.05. The van der Waals surface area contributed by atoms with Crippen molar-refractivity contribution in [1.82, 2.24) is 5.32 Å². The van der Waals surface area contributed by atoms with Crippen LogP contribution in [-0.4, -0.2) is 39.5 Å². The van der Waals surface area contributed by atoms with Crippen LogP contribution in [0, 0.1) is 0 Å². The molecule has 2 atom stereocenters. The van der Waals surface area contributed by atoms with Gasteiger partial charge in [-0.15, -0.1) is 12.4 Å². The van der Waals surface area contributed by atoms with E-state index < -0.39 is 0 Å². The molecule has 1 aliphatic rings. The first-order valence-electron chi connectivity index (χ1n) is 4.10. The lowest BCUT2D eigenvalue weighted by Crippen LogP contribution is -2.34. The summed E-state index contributed by atoms with van der Waals surface area (Å²) in [5.74, 6) is 0. The van der Waals surface area contributed by atoms with Gasteiger partial charge in [0, 0.05) is 26.3 Å². The Labute approximate surface area is 80.2 Å². The largest absolute Gasteiger partial charge is 0.383 e. The Morgan fingerprint density at radius 1 is 1.08 bits per heavy atom. The summed E-state index contributed by atoms with van der Waals surface area (Å²) in [6, 6.07) is 1.08. The Morgan fingerprint density at radius 2 is 1.50 bits per heavy atom. The third kappa shape index (κ3) is 3.72. The summed E-state index contributed by atoms with van der Waals surface area (Å²) in [4.78, 5) is 0. The SMILES string of the molecule is COC[C@@H]1CC[C@@H](COC)N1.Cl. The summed E-state index contributed by atoms with van der Waals surface area (Å²) in [7, 11) is 3.48. The Kier molecular flexibility index (Phi) is 6.76. The van der Waals surface area contributed by atoms with Crippen LogP contribution in [0.4, 0.5) is 0 Å². The van der Waals surface area contributed by atoms with Crippen LogP contribution in [0.15, 0.2) is 0 Å². The molecule has 1 aliphatic heterocycles. The van der Waals surface area contributed by atoms with Crippen LogP contribution in [0.5, 0.6) is 0 Å². The molecular weight excluding hydrogens is 178 g/mol. The molecule has 74 valence electrons. The fraction of sp³-hybridized carbons (Fsp3) is 1.00. The van der Waals surface area contributed by atoms with Gasteiger partial charge in [-0.3, -0.25) is 0 Å². The van der Waals surface area contributed by atoms with Gasteiger partial charge in [0.1, 0.15) is 0 Å². The van der Waals surface area contributed by atoms with Crippen LogP contribution in [-0.2, 0) is 9.47 Å². The van der Waals surface area contributed by atoms with Crippen molar-refractivity contribution in [2.24, 2.45) is 0 Å². The van der Waals surface area contributed by atoms with Gasteiger partial charge in [-0.05, 0) is 12.8 Å². The van der Waals surface area contributed by atoms with E-state index in [9.17, 15) is 0 Å². The third-order valence-corrected chi connectivity index (χ3v) is 2.07. The van der Waals surface area contributed by atoms with Crippen molar-refractivity contribution in [3.63, 3.8) is 0 Å². The van der Waals surface area contributed by atoms with Crippen LogP contribution in [0.25, 0.3) is 0 Å². The fourth-order valence-corrected chi connectivity index (χ4v) is 1.57. The minimum absolute atomic E-state index is 0. The number of hydrogen-bond donors (Lipinski definition) is 1. The van der Waals surface area contributed by atoms with Gasteiger partial charge in [-0.1, -0.05) is 0 Å². The highest BCUT2D eigenvalue weighted by molar-refractivity contribution is 5.85. The summed E-state index contributed by atoms with van der Waals surface area (Å²) in [6.45, 7) is 1.64. The first-order valence-corrected chi connectivity index (χ1v) is 4.10. The molecule has 0 aliphatic carbocycles. The second kappa shape index (κ2) is 6.66. The third-order valence-electron chi connectivity index (χ3n) is 2.07. The smallest absolute Gasteiger partial charge is 0.0615 e. The lowest BCUT2D eigenvalue weighted by molar-refractivity contribution is 0.153. The summed E-state index contributed by atoms with van der Waals surface area (Å²) in [5, 5.41) is 3.44. The van der Waals surface area contributed by atoms with Crippen LogP contribution in [0.1, 0.15) is 12.8 Å². The predicted octanol–water partition coefficient (Wildman–Crippen LogP) is 0.822. The number of methoxy groups -OCH3 is 2. The van der Waals surface area contributed by atoms with Gasteiger partial charge in [0.05, 0.1) is 13.2 Å². The average Bonchev–Trinajstić information content (AvgIpc) is 2.38. The molecule has 0 radical (unpaired) electrons. The molecule has 0 saturated carbocycles. The molecule has 0 spiro atoms. The number of ether oxygens (including phenoxy) is 2. The maximum atomic E-state index is 5.05. The van der Waals surface area contributed by atoms with E-state index >= 15 is 0 Å². The van der Waals surface area contributed by atoms with E-state index in [4.69, 9.17) is 9.47 Å². The molecule has 12 heavy (non-hydrogen) atoms. The summed E-state index contributed by atoms with van der Waals surface area (Å²) < 4.78 is 10.1. The van der Waals surface area contributed by atoms with Gasteiger partial charge in [-0.2, -0.15) is 0 Å². The molecule has 0 unspecified atom stereocenters. The standard InChI is InChI=1S/C8H17NO2.ClH/c1-10-5-7-3-4-8(9-7)6-11-2;/h7-9H,3-6H2,1-2H3;1H/t7-,8-;/m0./s1. The van der Waals surface area contributed by atoms with Gasteiger partial charge in [0.25, 0.3) is 0 Å². The first kappa shape index (κ1) is 12.2. The van der Waals surface area contributed by atoms with Crippen LogP contribution in [0.2, 0.25) is 0 Å². The Balaban J connectivity index is 0.00000121. The summed E-state index contributed by atoms with van der Waals surface area (Å²) in [6.07, 6.45) is 2.42. The molecule has 4 heteroatoms. The minimum Gasteiger partial charge on any atom is -0.383 e. The molecular formula is C8H18ClNO2. The second-order valence-corrected chi connectivity index (χ2v) is 3.05. The molecule has 3 nitrogen and oxygen atoms in total. The van der Waals surface area contributed by atoms with Gasteiger partial charge in [-0.25, -0.2) is 0 Å². The van der Waals surface area contributed by atoms with Crippen molar-refractivity contribution in [3.05, 3.63) is 0 Å². The Hall–Kier alpha value is 0.170.